The number of esters is 1. The molecule has 1 aliphatic heterocycles. The molecular weight excluding hydrogens is 472 g/mol. The van der Waals surface area contributed by atoms with Gasteiger partial charge in [-0.05, 0) is 48.1 Å². The fourth-order valence-corrected chi connectivity index (χ4v) is 5.20. The quantitative estimate of drug-likeness (QED) is 0.347. The van der Waals surface area contributed by atoms with Gasteiger partial charge in [0.15, 0.2) is 0 Å². The number of rotatable bonds is 10. The van der Waals surface area contributed by atoms with Crippen molar-refractivity contribution in [2.24, 2.45) is 5.92 Å². The summed E-state index contributed by atoms with van der Waals surface area (Å²) in [6, 6.07) is 25.7. The fourth-order valence-electron chi connectivity index (χ4n) is 5.20. The molecule has 0 aliphatic carbocycles. The smallest absolute Gasteiger partial charge is 0.305 e. The number of likely N-dealkylation sites (tertiary alicyclic amines) is 1. The van der Waals surface area contributed by atoms with Crippen LogP contribution in [0.25, 0.3) is 10.8 Å². The molecular formula is C30H37ClN2O3. The molecule has 1 aliphatic rings. The largest absolute Gasteiger partial charge is 0.466 e. The van der Waals surface area contributed by atoms with Gasteiger partial charge in [-0.2, -0.15) is 0 Å². The maximum absolute atomic E-state index is 13.0. The molecule has 1 heterocycles. The van der Waals surface area contributed by atoms with Crippen molar-refractivity contribution in [2.75, 3.05) is 26.2 Å². The summed E-state index contributed by atoms with van der Waals surface area (Å²) in [6.45, 7) is 6.67. The van der Waals surface area contributed by atoms with Crippen LogP contribution in [0.5, 0.6) is 0 Å². The highest BCUT2D eigenvalue weighted by Gasteiger charge is 2.35. The van der Waals surface area contributed by atoms with Gasteiger partial charge >= 0.3 is 5.97 Å². The minimum Gasteiger partial charge on any atom is -0.466 e. The number of ether oxygens (including phenoxy) is 1. The molecule has 0 radical (unpaired) electrons. The SMILES string of the molecule is CCOC(=O)CCCC(=O)N1C[C@@H](CN[C@H](C)c2cccc3ccccc23)[C@@H](c2ccccc2)C1.Cl. The van der Waals surface area contributed by atoms with Gasteiger partial charge in [-0.25, -0.2) is 0 Å². The fraction of sp³-hybridized carbons (Fsp3) is 0.400. The average molecular weight is 509 g/mol. The Morgan fingerprint density at radius 2 is 1.69 bits per heavy atom. The molecule has 3 aromatic carbocycles. The van der Waals surface area contributed by atoms with Gasteiger partial charge in [-0.15, -0.1) is 12.4 Å². The molecule has 0 aromatic heterocycles. The molecule has 0 saturated carbocycles. The molecule has 0 spiro atoms. The van der Waals surface area contributed by atoms with Crippen LogP contribution in [-0.4, -0.2) is 43.0 Å². The van der Waals surface area contributed by atoms with E-state index in [1.165, 1.54) is 21.9 Å². The van der Waals surface area contributed by atoms with Gasteiger partial charge < -0.3 is 15.0 Å². The zero-order valence-electron chi connectivity index (χ0n) is 21.2. The number of carbonyl (C=O) groups is 2. The molecule has 36 heavy (non-hydrogen) atoms. The van der Waals surface area contributed by atoms with Crippen molar-refractivity contribution in [3.63, 3.8) is 0 Å². The van der Waals surface area contributed by atoms with E-state index in [9.17, 15) is 9.59 Å². The standard InChI is InChI=1S/C30H36N2O3.ClH/c1-3-35-30(34)18-10-17-29(33)32-20-25(28(21-32)24-11-5-4-6-12-24)19-31-22(2)26-16-9-14-23-13-7-8-15-27(23)26;/h4-9,11-16,22,25,28,31H,3,10,17-21H2,1-2H3;1H/t22-,25-,28-;/m1./s1. The minimum atomic E-state index is -0.228. The zero-order valence-corrected chi connectivity index (χ0v) is 22.0. The van der Waals surface area contributed by atoms with E-state index in [0.717, 1.165) is 19.6 Å². The summed E-state index contributed by atoms with van der Waals surface area (Å²) in [6.07, 6.45) is 1.21. The van der Waals surface area contributed by atoms with Gasteiger partial charge in [0.25, 0.3) is 0 Å². The van der Waals surface area contributed by atoms with Crippen LogP contribution >= 0.6 is 12.4 Å². The molecule has 5 nitrogen and oxygen atoms in total. The molecule has 1 fully saturated rings. The second-order valence-electron chi connectivity index (χ2n) is 9.43. The molecule has 3 atom stereocenters. The number of hydrogen-bond donors (Lipinski definition) is 1. The number of amides is 1. The van der Waals surface area contributed by atoms with Crippen LogP contribution in [0.2, 0.25) is 0 Å². The van der Waals surface area contributed by atoms with E-state index in [2.05, 4.69) is 79.0 Å². The number of halogens is 1. The van der Waals surface area contributed by atoms with Gasteiger partial charge in [0.2, 0.25) is 5.91 Å². The van der Waals surface area contributed by atoms with Crippen LogP contribution in [0.1, 0.15) is 56.2 Å². The van der Waals surface area contributed by atoms with Crippen LogP contribution in [0.15, 0.2) is 72.8 Å². The third kappa shape index (κ3) is 6.86. The highest BCUT2D eigenvalue weighted by atomic mass is 35.5. The molecule has 3 aromatic rings. The Balaban J connectivity index is 0.00000361. The Hall–Kier alpha value is -2.89. The molecule has 1 saturated heterocycles. The first-order chi connectivity index (χ1) is 17.1. The molecule has 1 amide bonds. The number of carbonyl (C=O) groups excluding carboxylic acids is 2. The van der Waals surface area contributed by atoms with Gasteiger partial charge in [0.1, 0.15) is 0 Å². The molecule has 6 heteroatoms. The number of nitrogens with one attached hydrogen (secondary N) is 1. The van der Waals surface area contributed by atoms with E-state index in [1.807, 2.05) is 11.0 Å². The molecule has 1 N–H and O–H groups in total. The lowest BCUT2D eigenvalue weighted by atomic mass is 9.88. The van der Waals surface area contributed by atoms with Gasteiger partial charge in [-0.1, -0.05) is 72.8 Å². The summed E-state index contributed by atoms with van der Waals surface area (Å²) >= 11 is 0. The van der Waals surface area contributed by atoms with Crippen LogP contribution in [0.3, 0.4) is 0 Å². The van der Waals surface area contributed by atoms with Gasteiger partial charge in [0.05, 0.1) is 6.61 Å². The number of hydrogen-bond acceptors (Lipinski definition) is 4. The number of fused-ring (bicyclic) bond motifs is 1. The first kappa shape index (κ1) is 27.7. The van der Waals surface area contributed by atoms with Crippen molar-refractivity contribution in [1.29, 1.82) is 0 Å². The summed E-state index contributed by atoms with van der Waals surface area (Å²) in [5.41, 5.74) is 2.57. The van der Waals surface area contributed by atoms with Crippen molar-refractivity contribution < 1.29 is 14.3 Å². The van der Waals surface area contributed by atoms with E-state index in [-0.39, 0.29) is 36.2 Å². The topological polar surface area (TPSA) is 58.6 Å². The van der Waals surface area contributed by atoms with E-state index >= 15 is 0 Å². The maximum Gasteiger partial charge on any atom is 0.305 e. The third-order valence-corrected chi connectivity index (χ3v) is 7.07. The van der Waals surface area contributed by atoms with Gasteiger partial charge in [0, 0.05) is 44.4 Å². The van der Waals surface area contributed by atoms with Crippen LogP contribution in [0.4, 0.5) is 0 Å². The highest BCUT2D eigenvalue weighted by molar-refractivity contribution is 5.86. The molecule has 0 unspecified atom stereocenters. The first-order valence-corrected chi connectivity index (χ1v) is 12.8. The monoisotopic (exact) mass is 508 g/mol. The van der Waals surface area contributed by atoms with Crippen molar-refractivity contribution in [3.8, 4) is 0 Å². The Morgan fingerprint density at radius 3 is 2.47 bits per heavy atom. The Labute approximate surface area is 220 Å². The lowest BCUT2D eigenvalue weighted by Gasteiger charge is -2.23. The average Bonchev–Trinajstić information content (AvgIpc) is 3.32. The van der Waals surface area contributed by atoms with Crippen molar-refractivity contribution in [1.82, 2.24) is 10.2 Å². The predicted molar refractivity (Wildman–Crippen MR) is 147 cm³/mol. The first-order valence-electron chi connectivity index (χ1n) is 12.8. The van der Waals surface area contributed by atoms with E-state index in [0.29, 0.717) is 31.8 Å². The summed E-state index contributed by atoms with van der Waals surface area (Å²) in [7, 11) is 0. The Kier molecular flexibility index (Phi) is 10.3. The molecule has 192 valence electrons. The normalized spacial score (nSPS) is 18.0. The van der Waals surface area contributed by atoms with Crippen LogP contribution in [0, 0.1) is 5.92 Å². The predicted octanol–water partition coefficient (Wildman–Crippen LogP) is 5.89. The number of nitrogens with zero attached hydrogens (tertiary/aromatic N) is 1. The van der Waals surface area contributed by atoms with E-state index in [4.69, 9.17) is 4.74 Å². The molecule has 4 rings (SSSR count). The summed E-state index contributed by atoms with van der Waals surface area (Å²) < 4.78 is 4.99. The second kappa shape index (κ2) is 13.4. The van der Waals surface area contributed by atoms with Crippen molar-refractivity contribution in [2.45, 2.75) is 45.1 Å². The lowest BCUT2D eigenvalue weighted by Crippen LogP contribution is -2.32. The van der Waals surface area contributed by atoms with Crippen molar-refractivity contribution >= 4 is 35.1 Å². The molecule has 0 bridgehead atoms. The second-order valence-corrected chi connectivity index (χ2v) is 9.43. The maximum atomic E-state index is 13.0. The van der Waals surface area contributed by atoms with Gasteiger partial charge in [-0.3, -0.25) is 9.59 Å². The van der Waals surface area contributed by atoms with Crippen LogP contribution < -0.4 is 5.32 Å². The van der Waals surface area contributed by atoms with E-state index < -0.39 is 0 Å². The Bertz CT molecular complexity index is 1130. The van der Waals surface area contributed by atoms with Crippen molar-refractivity contribution in [3.05, 3.63) is 83.9 Å². The Morgan fingerprint density at radius 1 is 0.972 bits per heavy atom. The zero-order chi connectivity index (χ0) is 24.6. The van der Waals surface area contributed by atoms with E-state index in [1.54, 1.807) is 6.92 Å². The summed E-state index contributed by atoms with van der Waals surface area (Å²) in [4.78, 5) is 26.6. The summed E-state index contributed by atoms with van der Waals surface area (Å²) in [5, 5.41) is 6.29. The third-order valence-electron chi connectivity index (χ3n) is 7.07. The highest BCUT2D eigenvalue weighted by Crippen LogP contribution is 2.33. The summed E-state index contributed by atoms with van der Waals surface area (Å²) in [5.74, 6) is 0.509. The minimum absolute atomic E-state index is 0. The van der Waals surface area contributed by atoms with Crippen LogP contribution in [-0.2, 0) is 14.3 Å². The number of benzene rings is 3. The lowest BCUT2D eigenvalue weighted by molar-refractivity contribution is -0.143.